The molecule has 1 N–H and O–H groups in total. The Kier molecular flexibility index (Phi) is 4.78. The summed E-state index contributed by atoms with van der Waals surface area (Å²) in [4.78, 5) is 0. The molecular weight excluding hydrogens is 277 g/mol. The van der Waals surface area contributed by atoms with Gasteiger partial charge in [-0.1, -0.05) is 23.7 Å². The molecule has 0 aliphatic heterocycles. The molecular formula is C15H19ClFN3. The molecule has 0 bridgehead atoms. The molecule has 20 heavy (non-hydrogen) atoms. The maximum atomic E-state index is 12.9. The predicted molar refractivity (Wildman–Crippen MR) is 79.3 cm³/mol. The van der Waals surface area contributed by atoms with Crippen molar-refractivity contribution in [2.45, 2.75) is 39.9 Å². The van der Waals surface area contributed by atoms with Gasteiger partial charge in [-0.3, -0.25) is 4.68 Å². The lowest BCUT2D eigenvalue weighted by Crippen LogP contribution is -2.20. The van der Waals surface area contributed by atoms with Crippen molar-refractivity contribution in [3.8, 4) is 0 Å². The van der Waals surface area contributed by atoms with Gasteiger partial charge in [0.1, 0.15) is 5.82 Å². The van der Waals surface area contributed by atoms with Crippen LogP contribution in [0.15, 0.2) is 24.3 Å². The van der Waals surface area contributed by atoms with Crippen molar-refractivity contribution in [1.82, 2.24) is 15.1 Å². The van der Waals surface area contributed by atoms with Crippen molar-refractivity contribution >= 4 is 11.6 Å². The summed E-state index contributed by atoms with van der Waals surface area (Å²) in [5.41, 5.74) is 2.88. The van der Waals surface area contributed by atoms with E-state index < -0.39 is 0 Å². The third-order valence-corrected chi connectivity index (χ3v) is 3.89. The van der Waals surface area contributed by atoms with Gasteiger partial charge in [0.25, 0.3) is 0 Å². The molecule has 108 valence electrons. The average molecular weight is 296 g/mol. The van der Waals surface area contributed by atoms with Gasteiger partial charge in [0.05, 0.1) is 16.4 Å². The van der Waals surface area contributed by atoms with Crippen LogP contribution in [0.25, 0.3) is 0 Å². The second-order valence-electron chi connectivity index (χ2n) is 4.82. The van der Waals surface area contributed by atoms with Crippen LogP contribution < -0.4 is 5.32 Å². The number of hydrogen-bond donors (Lipinski definition) is 1. The van der Waals surface area contributed by atoms with Crippen molar-refractivity contribution in [1.29, 1.82) is 0 Å². The fraction of sp³-hybridized carbons (Fsp3) is 0.400. The van der Waals surface area contributed by atoms with Crippen LogP contribution in [0.3, 0.4) is 0 Å². The summed E-state index contributed by atoms with van der Waals surface area (Å²) >= 11 is 6.27. The maximum Gasteiger partial charge on any atom is 0.123 e. The first-order chi connectivity index (χ1) is 9.52. The molecule has 3 nitrogen and oxygen atoms in total. The van der Waals surface area contributed by atoms with Gasteiger partial charge in [-0.05, 0) is 38.5 Å². The number of nitrogens with one attached hydrogen (secondary N) is 1. The zero-order valence-corrected chi connectivity index (χ0v) is 12.7. The van der Waals surface area contributed by atoms with Gasteiger partial charge < -0.3 is 5.32 Å². The van der Waals surface area contributed by atoms with E-state index in [1.807, 2.05) is 25.5 Å². The van der Waals surface area contributed by atoms with Gasteiger partial charge in [0.15, 0.2) is 0 Å². The molecule has 0 aliphatic carbocycles. The zero-order valence-electron chi connectivity index (χ0n) is 12.0. The monoisotopic (exact) mass is 295 g/mol. The number of rotatable bonds is 5. The highest BCUT2D eigenvalue weighted by Crippen LogP contribution is 2.21. The van der Waals surface area contributed by atoms with E-state index >= 15 is 0 Å². The SMILES string of the molecule is CCn1nc(C)c(Cl)c1CN[C@H](C)c1ccc(F)cc1. The number of halogens is 2. The minimum Gasteiger partial charge on any atom is -0.305 e. The Morgan fingerprint density at radius 2 is 2.00 bits per heavy atom. The summed E-state index contributed by atoms with van der Waals surface area (Å²) in [6.45, 7) is 7.40. The lowest BCUT2D eigenvalue weighted by molar-refractivity contribution is 0.530. The van der Waals surface area contributed by atoms with Gasteiger partial charge >= 0.3 is 0 Å². The fourth-order valence-electron chi connectivity index (χ4n) is 2.16. The van der Waals surface area contributed by atoms with E-state index in [2.05, 4.69) is 10.4 Å². The average Bonchev–Trinajstić information content (AvgIpc) is 2.72. The normalized spacial score (nSPS) is 12.7. The van der Waals surface area contributed by atoms with E-state index in [1.54, 1.807) is 12.1 Å². The minimum atomic E-state index is -0.219. The second kappa shape index (κ2) is 6.37. The van der Waals surface area contributed by atoms with Gasteiger partial charge in [-0.15, -0.1) is 0 Å². The first-order valence-corrected chi connectivity index (χ1v) is 7.11. The molecule has 0 unspecified atom stereocenters. The number of aryl methyl sites for hydroxylation is 2. The van der Waals surface area contributed by atoms with E-state index in [1.165, 1.54) is 12.1 Å². The second-order valence-corrected chi connectivity index (χ2v) is 5.19. The third kappa shape index (κ3) is 3.19. The molecule has 1 aromatic carbocycles. The predicted octanol–water partition coefficient (Wildman–Crippen LogP) is 3.85. The summed E-state index contributed by atoms with van der Waals surface area (Å²) in [6, 6.07) is 6.64. The van der Waals surface area contributed by atoms with Gasteiger partial charge in [0.2, 0.25) is 0 Å². The molecule has 1 aromatic heterocycles. The van der Waals surface area contributed by atoms with Crippen LogP contribution in [0.1, 0.15) is 36.8 Å². The Morgan fingerprint density at radius 1 is 1.35 bits per heavy atom. The Bertz CT molecular complexity index is 578. The highest BCUT2D eigenvalue weighted by molar-refractivity contribution is 6.31. The smallest absolute Gasteiger partial charge is 0.123 e. The highest BCUT2D eigenvalue weighted by atomic mass is 35.5. The lowest BCUT2D eigenvalue weighted by Gasteiger charge is -2.15. The van der Waals surface area contributed by atoms with E-state index in [-0.39, 0.29) is 11.9 Å². The number of benzene rings is 1. The quantitative estimate of drug-likeness (QED) is 0.908. The maximum absolute atomic E-state index is 12.9. The Labute approximate surface area is 123 Å². The summed E-state index contributed by atoms with van der Waals surface area (Å²) in [7, 11) is 0. The van der Waals surface area contributed by atoms with E-state index in [0.717, 1.165) is 23.5 Å². The van der Waals surface area contributed by atoms with Gasteiger partial charge in [0, 0.05) is 19.1 Å². The number of hydrogen-bond acceptors (Lipinski definition) is 2. The van der Waals surface area contributed by atoms with Crippen molar-refractivity contribution in [3.05, 3.63) is 52.1 Å². The van der Waals surface area contributed by atoms with E-state index in [0.29, 0.717) is 11.6 Å². The molecule has 0 radical (unpaired) electrons. The molecule has 0 saturated heterocycles. The summed E-state index contributed by atoms with van der Waals surface area (Å²) < 4.78 is 14.8. The zero-order chi connectivity index (χ0) is 14.7. The molecule has 0 fully saturated rings. The van der Waals surface area contributed by atoms with Crippen LogP contribution in [-0.2, 0) is 13.1 Å². The van der Waals surface area contributed by atoms with Crippen LogP contribution >= 0.6 is 11.6 Å². The molecule has 0 amide bonds. The van der Waals surface area contributed by atoms with Crippen molar-refractivity contribution in [2.24, 2.45) is 0 Å². The highest BCUT2D eigenvalue weighted by Gasteiger charge is 2.13. The van der Waals surface area contributed by atoms with Crippen LogP contribution in [-0.4, -0.2) is 9.78 Å². The molecule has 0 spiro atoms. The third-order valence-electron chi connectivity index (χ3n) is 3.40. The molecule has 5 heteroatoms. The molecule has 0 saturated carbocycles. The first kappa shape index (κ1) is 15.0. The number of nitrogens with zero attached hydrogens (tertiary/aromatic N) is 2. The summed E-state index contributed by atoms with van der Waals surface area (Å²) in [5.74, 6) is -0.219. The van der Waals surface area contributed by atoms with Gasteiger partial charge in [-0.25, -0.2) is 4.39 Å². The first-order valence-electron chi connectivity index (χ1n) is 6.73. The largest absolute Gasteiger partial charge is 0.305 e. The van der Waals surface area contributed by atoms with Crippen molar-refractivity contribution in [3.63, 3.8) is 0 Å². The molecule has 2 rings (SSSR count). The summed E-state index contributed by atoms with van der Waals surface area (Å²) in [6.07, 6.45) is 0. The van der Waals surface area contributed by atoms with Crippen LogP contribution in [0, 0.1) is 12.7 Å². The van der Waals surface area contributed by atoms with E-state index in [9.17, 15) is 4.39 Å². The van der Waals surface area contributed by atoms with Crippen LogP contribution in [0.2, 0.25) is 5.02 Å². The summed E-state index contributed by atoms with van der Waals surface area (Å²) in [5, 5.41) is 8.50. The standard InChI is InChI=1S/C15H19ClFN3/c1-4-20-14(15(16)11(3)19-20)9-18-10(2)12-5-7-13(17)8-6-12/h5-8,10,18H,4,9H2,1-3H3/t10-/m1/s1. The molecule has 1 heterocycles. The molecule has 0 aliphatic rings. The van der Waals surface area contributed by atoms with Crippen LogP contribution in [0.4, 0.5) is 4.39 Å². The fourth-order valence-corrected chi connectivity index (χ4v) is 2.36. The Hall–Kier alpha value is -1.39. The lowest BCUT2D eigenvalue weighted by atomic mass is 10.1. The number of aromatic nitrogens is 2. The molecule has 1 atom stereocenters. The van der Waals surface area contributed by atoms with Gasteiger partial charge in [-0.2, -0.15) is 5.10 Å². The topological polar surface area (TPSA) is 29.9 Å². The van der Waals surface area contributed by atoms with Crippen molar-refractivity contribution in [2.75, 3.05) is 0 Å². The minimum absolute atomic E-state index is 0.118. The van der Waals surface area contributed by atoms with Crippen LogP contribution in [0.5, 0.6) is 0 Å². The van der Waals surface area contributed by atoms with Crippen molar-refractivity contribution < 1.29 is 4.39 Å². The Morgan fingerprint density at radius 3 is 2.60 bits per heavy atom. The molecule has 2 aromatic rings. The Balaban J connectivity index is 2.07. The van der Waals surface area contributed by atoms with E-state index in [4.69, 9.17) is 11.6 Å².